The predicted octanol–water partition coefficient (Wildman–Crippen LogP) is 6.98. The van der Waals surface area contributed by atoms with Crippen molar-refractivity contribution in [2.75, 3.05) is 12.4 Å². The molecule has 0 spiro atoms. The number of anilines is 1. The quantitative estimate of drug-likeness (QED) is 0.206. The lowest BCUT2D eigenvalue weighted by Crippen LogP contribution is -2.17. The topological polar surface area (TPSA) is 95.7 Å². The molecule has 8 heteroatoms. The average Bonchev–Trinajstić information content (AvgIpc) is 3.51. The number of ether oxygens (including phenoxy) is 1. The smallest absolute Gasteiger partial charge is 0.226 e. The van der Waals surface area contributed by atoms with Crippen molar-refractivity contribution in [3.8, 4) is 28.3 Å². The number of pyridine rings is 1. The zero-order valence-electron chi connectivity index (χ0n) is 22.2. The Bertz CT molecular complexity index is 1870. The lowest BCUT2D eigenvalue weighted by atomic mass is 9.97. The predicted molar refractivity (Wildman–Crippen MR) is 155 cm³/mol. The molecule has 7 nitrogen and oxygen atoms in total. The van der Waals surface area contributed by atoms with E-state index in [0.29, 0.717) is 17.0 Å². The zero-order valence-corrected chi connectivity index (χ0v) is 22.2. The number of methoxy groups -OCH3 is 1. The van der Waals surface area contributed by atoms with Crippen LogP contribution in [0, 0.1) is 11.7 Å². The van der Waals surface area contributed by atoms with Gasteiger partial charge in [0, 0.05) is 40.8 Å². The minimum Gasteiger partial charge on any atom is -0.497 e. The number of hydrogen-bond acceptors (Lipinski definition) is 4. The van der Waals surface area contributed by atoms with Crippen LogP contribution in [0.25, 0.3) is 45.1 Å². The van der Waals surface area contributed by atoms with Gasteiger partial charge in [-0.1, -0.05) is 19.9 Å². The number of nitrogens with zero attached hydrogens (tertiary/aromatic N) is 2. The summed E-state index contributed by atoms with van der Waals surface area (Å²) in [7, 11) is 1.52. The first-order valence-electron chi connectivity index (χ1n) is 12.9. The van der Waals surface area contributed by atoms with Crippen molar-refractivity contribution >= 4 is 34.1 Å². The first-order chi connectivity index (χ1) is 19.4. The molecule has 3 heterocycles. The number of allylic oxidation sites excluding steroid dienone is 2. The number of halogens is 1. The number of fused-ring (bicyclic) bond motifs is 2. The van der Waals surface area contributed by atoms with Crippen LogP contribution < -0.4 is 10.1 Å². The summed E-state index contributed by atoms with van der Waals surface area (Å²) in [5.74, 6) is -0.121. The van der Waals surface area contributed by atoms with Crippen LogP contribution in [0.1, 0.15) is 30.7 Å². The molecule has 0 unspecified atom stereocenters. The number of nitrogens with one attached hydrogen (secondary N) is 3. The molecule has 0 bridgehead atoms. The number of amides is 1. The van der Waals surface area contributed by atoms with Gasteiger partial charge in [-0.15, -0.1) is 5.73 Å². The summed E-state index contributed by atoms with van der Waals surface area (Å²) < 4.78 is 19.7. The van der Waals surface area contributed by atoms with E-state index in [1.54, 1.807) is 12.4 Å². The molecule has 0 fully saturated rings. The molecular weight excluding hydrogens is 505 g/mol. The van der Waals surface area contributed by atoms with Crippen molar-refractivity contribution in [3.05, 3.63) is 101 Å². The molecule has 1 aliphatic carbocycles. The largest absolute Gasteiger partial charge is 0.497 e. The number of H-pyrrole nitrogens is 2. The van der Waals surface area contributed by atoms with E-state index < -0.39 is 0 Å². The van der Waals surface area contributed by atoms with Gasteiger partial charge in [0.25, 0.3) is 0 Å². The molecule has 6 rings (SSSR count). The van der Waals surface area contributed by atoms with Crippen LogP contribution in [0.4, 0.5) is 10.1 Å². The highest BCUT2D eigenvalue weighted by atomic mass is 19.1. The van der Waals surface area contributed by atoms with E-state index in [4.69, 9.17) is 4.74 Å². The molecule has 40 heavy (non-hydrogen) atoms. The zero-order chi connectivity index (χ0) is 27.8. The number of hydrogen-bond donors (Lipinski definition) is 3. The minimum absolute atomic E-state index is 0.0629. The van der Waals surface area contributed by atoms with E-state index in [1.807, 2.05) is 62.4 Å². The third-order valence-electron chi connectivity index (χ3n) is 6.81. The number of benzene rings is 2. The summed E-state index contributed by atoms with van der Waals surface area (Å²) >= 11 is 0. The summed E-state index contributed by atoms with van der Waals surface area (Å²) in [6.45, 7) is 3.70. The summed E-state index contributed by atoms with van der Waals surface area (Å²) in [5.41, 5.74) is 11.3. The SMILES string of the molecule is COc1cc(F)cc(C2=CC=C=Cc3[nH]c(-c4n[nH]c5ccc(-c6cncc(NC(=O)C(C)C)c6)cc45)cc32)c1. The molecular formula is C32H26FN5O2. The van der Waals surface area contributed by atoms with Crippen molar-refractivity contribution in [1.29, 1.82) is 0 Å². The normalized spacial score (nSPS) is 12.4. The second kappa shape index (κ2) is 10.2. The Morgan fingerprint density at radius 2 is 1.93 bits per heavy atom. The Balaban J connectivity index is 1.40. The molecule has 0 aliphatic heterocycles. The maximum absolute atomic E-state index is 14.4. The minimum atomic E-state index is -0.373. The Labute approximate surface area is 230 Å². The first kappa shape index (κ1) is 25.1. The van der Waals surface area contributed by atoms with Crippen LogP contribution in [0.5, 0.6) is 5.75 Å². The van der Waals surface area contributed by atoms with Crippen molar-refractivity contribution in [1.82, 2.24) is 20.2 Å². The van der Waals surface area contributed by atoms with E-state index >= 15 is 0 Å². The summed E-state index contributed by atoms with van der Waals surface area (Å²) in [4.78, 5) is 20.0. The molecule has 5 aromatic rings. The van der Waals surface area contributed by atoms with Gasteiger partial charge in [0.1, 0.15) is 17.3 Å². The van der Waals surface area contributed by atoms with Gasteiger partial charge >= 0.3 is 0 Å². The van der Waals surface area contributed by atoms with Crippen molar-refractivity contribution in [2.24, 2.45) is 5.92 Å². The van der Waals surface area contributed by atoms with Gasteiger partial charge in [-0.05, 0) is 65.3 Å². The fourth-order valence-electron chi connectivity index (χ4n) is 4.73. The van der Waals surface area contributed by atoms with Gasteiger partial charge in [-0.2, -0.15) is 5.10 Å². The van der Waals surface area contributed by atoms with Crippen LogP contribution in [0.3, 0.4) is 0 Å². The van der Waals surface area contributed by atoms with Crippen molar-refractivity contribution in [3.63, 3.8) is 0 Å². The molecule has 198 valence electrons. The Morgan fingerprint density at radius 3 is 2.75 bits per heavy atom. The fraction of sp³-hybridized carbons (Fsp3) is 0.125. The number of rotatable bonds is 6. The van der Waals surface area contributed by atoms with Gasteiger partial charge in [-0.25, -0.2) is 4.39 Å². The third-order valence-corrected chi connectivity index (χ3v) is 6.81. The van der Waals surface area contributed by atoms with Gasteiger partial charge in [-0.3, -0.25) is 14.9 Å². The molecule has 0 radical (unpaired) electrons. The fourth-order valence-corrected chi connectivity index (χ4v) is 4.73. The number of carbonyl (C=O) groups is 1. The molecule has 3 aromatic heterocycles. The molecule has 0 atom stereocenters. The highest BCUT2D eigenvalue weighted by Crippen LogP contribution is 2.36. The highest BCUT2D eigenvalue weighted by molar-refractivity contribution is 5.97. The van der Waals surface area contributed by atoms with Crippen LogP contribution in [0.2, 0.25) is 0 Å². The summed E-state index contributed by atoms with van der Waals surface area (Å²) in [5, 5.41) is 11.6. The maximum atomic E-state index is 14.4. The maximum Gasteiger partial charge on any atom is 0.226 e. The molecule has 3 N–H and O–H groups in total. The molecule has 0 saturated carbocycles. The molecule has 1 amide bonds. The molecule has 0 saturated heterocycles. The third kappa shape index (κ3) is 4.72. The number of aromatic nitrogens is 4. The summed E-state index contributed by atoms with van der Waals surface area (Å²) in [6.07, 6.45) is 8.99. The van der Waals surface area contributed by atoms with Gasteiger partial charge in [0.2, 0.25) is 5.91 Å². The van der Waals surface area contributed by atoms with Crippen LogP contribution in [-0.4, -0.2) is 33.2 Å². The van der Waals surface area contributed by atoms with E-state index in [1.165, 1.54) is 19.2 Å². The van der Waals surface area contributed by atoms with Crippen molar-refractivity contribution < 1.29 is 13.9 Å². The van der Waals surface area contributed by atoms with E-state index in [2.05, 4.69) is 37.3 Å². The Morgan fingerprint density at radius 1 is 1.05 bits per heavy atom. The van der Waals surface area contributed by atoms with Crippen LogP contribution >= 0.6 is 0 Å². The first-order valence-corrected chi connectivity index (χ1v) is 12.9. The Kier molecular flexibility index (Phi) is 6.38. The molecule has 1 aliphatic rings. The van der Waals surface area contributed by atoms with Gasteiger partial charge in [0.05, 0.1) is 35.9 Å². The van der Waals surface area contributed by atoms with Gasteiger partial charge < -0.3 is 15.0 Å². The monoisotopic (exact) mass is 531 g/mol. The second-order valence-corrected chi connectivity index (χ2v) is 9.89. The van der Waals surface area contributed by atoms with Crippen LogP contribution in [-0.2, 0) is 4.79 Å². The number of aromatic amines is 2. The summed E-state index contributed by atoms with van der Waals surface area (Å²) in [6, 6.07) is 14.6. The van der Waals surface area contributed by atoms with Crippen LogP contribution in [0.15, 0.2) is 78.8 Å². The molecule has 2 aromatic carbocycles. The highest BCUT2D eigenvalue weighted by Gasteiger charge is 2.19. The number of carbonyl (C=O) groups excluding carboxylic acids is 1. The van der Waals surface area contributed by atoms with E-state index in [-0.39, 0.29) is 17.6 Å². The second-order valence-electron chi connectivity index (χ2n) is 9.89. The van der Waals surface area contributed by atoms with Crippen molar-refractivity contribution in [2.45, 2.75) is 13.8 Å². The van der Waals surface area contributed by atoms with Gasteiger partial charge in [0.15, 0.2) is 0 Å². The Hall–Kier alpha value is -5.20. The van der Waals surface area contributed by atoms with E-state index in [9.17, 15) is 9.18 Å². The standard InChI is InChI=1S/C32H26FN5O2/c1-18(2)32(39)35-23-11-21(16-34-17-23)19-8-9-29-27(13-19)31(38-37-29)30-15-26-25(6-4-5-7-28(26)36-30)20-10-22(33)14-24(12-20)40-3/h4,6-18,36H,1-3H3,(H,35,39)(H,37,38). The average molecular weight is 532 g/mol. The lowest BCUT2D eigenvalue weighted by Gasteiger charge is -2.09. The van der Waals surface area contributed by atoms with E-state index in [0.717, 1.165) is 50.2 Å². The lowest BCUT2D eigenvalue weighted by molar-refractivity contribution is -0.118.